The predicted octanol–water partition coefficient (Wildman–Crippen LogP) is 3.37. The third-order valence-electron chi connectivity index (χ3n) is 5.68. The van der Waals surface area contributed by atoms with Crippen LogP contribution in [0.15, 0.2) is 46.9 Å². The molecule has 1 aliphatic rings. The second-order valence-electron chi connectivity index (χ2n) is 8.17. The highest BCUT2D eigenvalue weighted by molar-refractivity contribution is 6.30. The minimum Gasteiger partial charge on any atom is -0.497 e. The number of nitrogens with one attached hydrogen (secondary N) is 2. The van der Waals surface area contributed by atoms with Crippen molar-refractivity contribution >= 4 is 28.5 Å². The normalized spacial score (nSPS) is 15.9. The van der Waals surface area contributed by atoms with Crippen molar-refractivity contribution in [2.45, 2.75) is 25.0 Å². The molecule has 1 saturated heterocycles. The molecule has 0 saturated carbocycles. The van der Waals surface area contributed by atoms with Crippen molar-refractivity contribution in [3.05, 3.63) is 59.1 Å². The van der Waals surface area contributed by atoms with Crippen molar-refractivity contribution in [3.8, 4) is 11.5 Å². The summed E-state index contributed by atoms with van der Waals surface area (Å²) in [6.07, 6.45) is 0.851. The van der Waals surface area contributed by atoms with E-state index in [9.17, 15) is 14.3 Å². The molecule has 8 nitrogen and oxygen atoms in total. The molecule has 0 bridgehead atoms. The first kappa shape index (κ1) is 24.3. The maximum absolute atomic E-state index is 13.5. The fourth-order valence-electron chi connectivity index (χ4n) is 3.78. The van der Waals surface area contributed by atoms with E-state index < -0.39 is 11.9 Å². The van der Waals surface area contributed by atoms with Crippen LogP contribution in [-0.4, -0.2) is 61.5 Å². The van der Waals surface area contributed by atoms with Gasteiger partial charge in [-0.3, -0.25) is 10.2 Å². The summed E-state index contributed by atoms with van der Waals surface area (Å²) in [6.45, 7) is 1.70. The molecule has 4 rings (SSSR count). The number of ether oxygens (including phenoxy) is 2. The van der Waals surface area contributed by atoms with E-state index in [1.165, 1.54) is 12.1 Å². The van der Waals surface area contributed by atoms with Crippen molar-refractivity contribution in [2.75, 3.05) is 33.4 Å². The number of carbonyl (C=O) groups excluding carboxylic acids is 1. The van der Waals surface area contributed by atoms with Gasteiger partial charge in [0, 0.05) is 37.1 Å². The number of carbonyl (C=O) groups is 1. The van der Waals surface area contributed by atoms with Gasteiger partial charge in [0.2, 0.25) is 0 Å². The zero-order chi connectivity index (χ0) is 24.1. The highest BCUT2D eigenvalue weighted by Crippen LogP contribution is 2.24. The van der Waals surface area contributed by atoms with E-state index >= 15 is 0 Å². The molecule has 1 atom stereocenters. The standard InChI is InChI=1S/C24H27ClFN3O5/c1-32-18-3-5-22-15(10-18)11-23(34-22)24(31)28-29-8-6-16(7-9-29)27-13-17(30)14-33-19-2-4-20(25)21(26)12-19/h2-5,10-12,16-17,27,30H,6-9,13-14H2,1H3,(H,28,31). The first-order valence-electron chi connectivity index (χ1n) is 11.0. The number of methoxy groups -OCH3 is 1. The number of amides is 1. The summed E-state index contributed by atoms with van der Waals surface area (Å²) >= 11 is 5.65. The van der Waals surface area contributed by atoms with Crippen molar-refractivity contribution in [1.29, 1.82) is 0 Å². The Balaban J connectivity index is 1.17. The number of rotatable bonds is 9. The average molecular weight is 492 g/mol. The van der Waals surface area contributed by atoms with Gasteiger partial charge in [0.1, 0.15) is 35.6 Å². The highest BCUT2D eigenvalue weighted by atomic mass is 35.5. The second kappa shape index (κ2) is 11.1. The number of furan rings is 1. The van der Waals surface area contributed by atoms with Gasteiger partial charge >= 0.3 is 5.91 Å². The lowest BCUT2D eigenvalue weighted by Gasteiger charge is -2.32. The van der Waals surface area contributed by atoms with Crippen molar-refractivity contribution in [3.63, 3.8) is 0 Å². The summed E-state index contributed by atoms with van der Waals surface area (Å²) in [7, 11) is 1.59. The number of nitrogens with zero attached hydrogens (tertiary/aromatic N) is 1. The smallest absolute Gasteiger partial charge is 0.301 e. The number of benzene rings is 2. The summed E-state index contributed by atoms with van der Waals surface area (Å²) in [5, 5.41) is 16.2. The van der Waals surface area contributed by atoms with Crippen molar-refractivity contribution in [1.82, 2.24) is 15.8 Å². The van der Waals surface area contributed by atoms with E-state index in [0.29, 0.717) is 36.7 Å². The van der Waals surface area contributed by atoms with E-state index in [1.54, 1.807) is 31.4 Å². The molecule has 3 N–H and O–H groups in total. The number of hydrazine groups is 1. The number of aliphatic hydroxyl groups is 1. The van der Waals surface area contributed by atoms with Gasteiger partial charge in [0.05, 0.1) is 12.1 Å². The summed E-state index contributed by atoms with van der Waals surface area (Å²) < 4.78 is 29.7. The molecule has 2 aromatic carbocycles. The average Bonchev–Trinajstić information content (AvgIpc) is 3.28. The molecule has 0 radical (unpaired) electrons. The van der Waals surface area contributed by atoms with E-state index in [2.05, 4.69) is 10.7 Å². The van der Waals surface area contributed by atoms with Crippen LogP contribution >= 0.6 is 11.6 Å². The third-order valence-corrected chi connectivity index (χ3v) is 5.98. The third kappa shape index (κ3) is 6.18. The molecule has 1 fully saturated rings. The van der Waals surface area contributed by atoms with Crippen LogP contribution in [0.5, 0.6) is 11.5 Å². The van der Waals surface area contributed by atoms with Gasteiger partial charge in [0.15, 0.2) is 5.76 Å². The number of halogens is 2. The highest BCUT2D eigenvalue weighted by Gasteiger charge is 2.22. The maximum Gasteiger partial charge on any atom is 0.301 e. The molecule has 2 heterocycles. The van der Waals surface area contributed by atoms with Crippen LogP contribution in [0.4, 0.5) is 4.39 Å². The van der Waals surface area contributed by atoms with Crippen LogP contribution in [0.2, 0.25) is 5.02 Å². The number of piperidine rings is 1. The topological polar surface area (TPSA) is 96.2 Å². The molecular weight excluding hydrogens is 465 g/mol. The van der Waals surface area contributed by atoms with E-state index in [0.717, 1.165) is 18.2 Å². The Labute approximate surface area is 201 Å². The lowest BCUT2D eigenvalue weighted by atomic mass is 10.1. The SMILES string of the molecule is COc1ccc2oc(C(=O)NN3CCC(NCC(O)COc4ccc(Cl)c(F)c4)CC3)cc2c1. The minimum atomic E-state index is -0.747. The van der Waals surface area contributed by atoms with Gasteiger partial charge in [-0.2, -0.15) is 0 Å². The van der Waals surface area contributed by atoms with Gasteiger partial charge in [-0.25, -0.2) is 9.40 Å². The molecule has 10 heteroatoms. The van der Waals surface area contributed by atoms with Crippen molar-refractivity contribution < 1.29 is 28.2 Å². The van der Waals surface area contributed by atoms with Crippen molar-refractivity contribution in [2.24, 2.45) is 0 Å². The number of fused-ring (bicyclic) bond motifs is 1. The van der Waals surface area contributed by atoms with E-state index in [4.69, 9.17) is 25.5 Å². The Bertz CT molecular complexity index is 1130. The van der Waals surface area contributed by atoms with Gasteiger partial charge in [-0.05, 0) is 49.2 Å². The molecule has 1 aliphatic heterocycles. The minimum absolute atomic E-state index is 0.0235. The van der Waals surface area contributed by atoms with E-state index in [1.807, 2.05) is 11.1 Å². The molecule has 3 aromatic rings. The zero-order valence-corrected chi connectivity index (χ0v) is 19.5. The van der Waals surface area contributed by atoms with E-state index in [-0.39, 0.29) is 29.3 Å². The zero-order valence-electron chi connectivity index (χ0n) is 18.7. The Morgan fingerprint density at radius 3 is 2.74 bits per heavy atom. The largest absolute Gasteiger partial charge is 0.497 e. The molecule has 1 amide bonds. The molecule has 34 heavy (non-hydrogen) atoms. The van der Waals surface area contributed by atoms with Gasteiger partial charge < -0.3 is 24.3 Å². The number of hydrogen-bond acceptors (Lipinski definition) is 7. The molecule has 1 aromatic heterocycles. The molecule has 1 unspecified atom stereocenters. The van der Waals surface area contributed by atoms with Gasteiger partial charge in [-0.1, -0.05) is 11.6 Å². The van der Waals surface area contributed by atoms with Crippen LogP contribution in [-0.2, 0) is 0 Å². The summed E-state index contributed by atoms with van der Waals surface area (Å²) in [5.74, 6) is 0.394. The van der Waals surface area contributed by atoms with Crippen LogP contribution in [0, 0.1) is 5.82 Å². The molecule has 0 spiro atoms. The van der Waals surface area contributed by atoms with Crippen LogP contribution in [0.1, 0.15) is 23.4 Å². The summed E-state index contributed by atoms with van der Waals surface area (Å²) in [5.41, 5.74) is 3.51. The second-order valence-corrected chi connectivity index (χ2v) is 8.57. The Hall–Kier alpha value is -2.85. The lowest BCUT2D eigenvalue weighted by molar-refractivity contribution is 0.0674. The molecular formula is C24H27ClFN3O5. The number of aliphatic hydroxyl groups excluding tert-OH is 1. The summed E-state index contributed by atoms with van der Waals surface area (Å²) in [4.78, 5) is 12.6. The fourth-order valence-corrected chi connectivity index (χ4v) is 3.89. The van der Waals surface area contributed by atoms with Gasteiger partial charge in [0.25, 0.3) is 0 Å². The fraction of sp³-hybridized carbons (Fsp3) is 0.375. The Morgan fingerprint density at radius 2 is 2.00 bits per heavy atom. The quantitative estimate of drug-likeness (QED) is 0.422. The Kier molecular flexibility index (Phi) is 7.89. The molecule has 182 valence electrons. The van der Waals surface area contributed by atoms with Crippen LogP contribution in [0.3, 0.4) is 0 Å². The maximum atomic E-state index is 13.5. The lowest BCUT2D eigenvalue weighted by Crippen LogP contribution is -2.51. The number of hydrogen-bond donors (Lipinski definition) is 3. The van der Waals surface area contributed by atoms with Gasteiger partial charge in [-0.15, -0.1) is 0 Å². The Morgan fingerprint density at radius 1 is 1.24 bits per heavy atom. The van der Waals surface area contributed by atoms with Crippen LogP contribution < -0.4 is 20.2 Å². The monoisotopic (exact) mass is 491 g/mol. The summed E-state index contributed by atoms with van der Waals surface area (Å²) in [6, 6.07) is 11.4. The van der Waals surface area contributed by atoms with Crippen LogP contribution in [0.25, 0.3) is 11.0 Å². The predicted molar refractivity (Wildman–Crippen MR) is 126 cm³/mol. The first-order valence-corrected chi connectivity index (χ1v) is 11.4. The molecule has 0 aliphatic carbocycles. The first-order chi connectivity index (χ1) is 16.4.